The summed E-state index contributed by atoms with van der Waals surface area (Å²) in [5, 5.41) is 20.0. The van der Waals surface area contributed by atoms with Crippen LogP contribution in [-0.2, 0) is 12.0 Å². The van der Waals surface area contributed by atoms with Gasteiger partial charge in [0.2, 0.25) is 0 Å². The Bertz CT molecular complexity index is 829. The Hall–Kier alpha value is -2.33. The first-order chi connectivity index (χ1) is 13.2. The first-order valence-corrected chi connectivity index (χ1v) is 9.86. The Kier molecular flexibility index (Phi) is 6.51. The molecule has 27 heavy (non-hydrogen) atoms. The van der Waals surface area contributed by atoms with Gasteiger partial charge in [0, 0.05) is 18.0 Å². The van der Waals surface area contributed by atoms with Gasteiger partial charge in [-0.15, -0.1) is 0 Å². The molecule has 1 saturated heterocycles. The number of halogens is 1. The topological polar surface area (TPSA) is 50.8 Å². The minimum atomic E-state index is -0.639. The quantitative estimate of drug-likeness (QED) is 0.684. The molecule has 1 heterocycles. The molecule has 0 spiro atoms. The highest BCUT2D eigenvalue weighted by molar-refractivity contribution is 6.30. The Morgan fingerprint density at radius 2 is 1.78 bits per heavy atom. The number of hydrogen-bond acceptors (Lipinski definition) is 3. The van der Waals surface area contributed by atoms with Gasteiger partial charge in [0.25, 0.3) is 0 Å². The summed E-state index contributed by atoms with van der Waals surface area (Å²) in [5.41, 5.74) is 1.63. The minimum absolute atomic E-state index is 0.237. The molecule has 1 fully saturated rings. The van der Waals surface area contributed by atoms with Crippen LogP contribution in [0.25, 0.3) is 0 Å². The zero-order valence-electron chi connectivity index (χ0n) is 15.4. The van der Waals surface area contributed by atoms with E-state index in [0.29, 0.717) is 17.9 Å². The second-order valence-electron chi connectivity index (χ2n) is 7.29. The molecule has 0 bridgehead atoms. The molecule has 0 N–H and O–H groups in total. The molecule has 3 nitrogen and oxygen atoms in total. The molecule has 0 radical (unpaired) electrons. The van der Waals surface area contributed by atoms with Crippen molar-refractivity contribution in [1.29, 1.82) is 10.5 Å². The highest BCUT2D eigenvalue weighted by Gasteiger charge is 2.42. The predicted molar refractivity (Wildman–Crippen MR) is 108 cm³/mol. The van der Waals surface area contributed by atoms with Gasteiger partial charge in [-0.05, 0) is 61.5 Å². The van der Waals surface area contributed by atoms with E-state index in [1.807, 2.05) is 30.3 Å². The maximum atomic E-state index is 10.2. The summed E-state index contributed by atoms with van der Waals surface area (Å²) in [6, 6.07) is 23.0. The number of benzene rings is 2. The summed E-state index contributed by atoms with van der Waals surface area (Å²) in [6.45, 7) is 2.88. The molecule has 0 amide bonds. The van der Waals surface area contributed by atoms with E-state index in [1.54, 1.807) is 0 Å². The third-order valence-electron chi connectivity index (χ3n) is 5.70. The highest BCUT2D eigenvalue weighted by Crippen LogP contribution is 2.42. The summed E-state index contributed by atoms with van der Waals surface area (Å²) in [6.07, 6.45) is 2.85. The second kappa shape index (κ2) is 9.05. The number of nitrogens with zero attached hydrogens (tertiary/aromatic N) is 3. The zero-order valence-corrected chi connectivity index (χ0v) is 16.2. The molecule has 0 aliphatic carbocycles. The lowest BCUT2D eigenvalue weighted by Gasteiger charge is -2.41. The van der Waals surface area contributed by atoms with E-state index in [9.17, 15) is 5.26 Å². The Labute approximate surface area is 166 Å². The van der Waals surface area contributed by atoms with Crippen LogP contribution in [0.15, 0.2) is 54.6 Å². The monoisotopic (exact) mass is 377 g/mol. The van der Waals surface area contributed by atoms with Crippen molar-refractivity contribution in [2.24, 2.45) is 5.92 Å². The van der Waals surface area contributed by atoms with E-state index >= 15 is 0 Å². The minimum Gasteiger partial charge on any atom is -0.299 e. The average molecular weight is 378 g/mol. The molecule has 3 rings (SSSR count). The molecule has 0 aromatic heterocycles. The summed E-state index contributed by atoms with van der Waals surface area (Å²) in [4.78, 5) is 2.45. The fourth-order valence-electron chi connectivity index (χ4n) is 4.24. The van der Waals surface area contributed by atoms with Crippen molar-refractivity contribution >= 4 is 11.6 Å². The van der Waals surface area contributed by atoms with Crippen LogP contribution in [0.3, 0.4) is 0 Å². The summed E-state index contributed by atoms with van der Waals surface area (Å²) >= 11 is 6.21. The molecule has 138 valence electrons. The van der Waals surface area contributed by atoms with Crippen LogP contribution in [0.4, 0.5) is 0 Å². The van der Waals surface area contributed by atoms with Crippen molar-refractivity contribution in [1.82, 2.24) is 4.90 Å². The molecule has 2 aromatic carbocycles. The number of hydrogen-bond donors (Lipinski definition) is 0. The number of piperidine rings is 1. The summed E-state index contributed by atoms with van der Waals surface area (Å²) in [7, 11) is 0. The van der Waals surface area contributed by atoms with Crippen molar-refractivity contribution < 1.29 is 0 Å². The molecule has 0 saturated carbocycles. The van der Waals surface area contributed by atoms with E-state index in [1.165, 1.54) is 5.56 Å². The standard InChI is InChI=1S/C23H24ClN3/c24-22-9-4-8-21(16-22)23(18-26,12-5-13-25)20-10-14-27(15-11-20)17-19-6-2-1-3-7-19/h1-4,6-9,16,20H,5,10-12,14-15,17H2. The Balaban J connectivity index is 1.76. The van der Waals surface area contributed by atoms with Gasteiger partial charge in [-0.1, -0.05) is 54.1 Å². The Morgan fingerprint density at radius 3 is 2.41 bits per heavy atom. The predicted octanol–water partition coefficient (Wildman–Crippen LogP) is 5.32. The number of nitriles is 2. The fraction of sp³-hybridized carbons (Fsp3) is 0.391. The lowest BCUT2D eigenvalue weighted by Crippen LogP contribution is -2.42. The van der Waals surface area contributed by atoms with Crippen LogP contribution >= 0.6 is 11.6 Å². The van der Waals surface area contributed by atoms with Gasteiger partial charge in [0.05, 0.1) is 17.6 Å². The third kappa shape index (κ3) is 4.51. The molecule has 1 aliphatic heterocycles. The molecule has 2 aromatic rings. The van der Waals surface area contributed by atoms with Crippen LogP contribution in [0.1, 0.15) is 36.8 Å². The smallest absolute Gasteiger partial charge is 0.0861 e. The van der Waals surface area contributed by atoms with Crippen LogP contribution in [-0.4, -0.2) is 18.0 Å². The lowest BCUT2D eigenvalue weighted by molar-refractivity contribution is 0.138. The SMILES string of the molecule is N#CCCC(C#N)(c1cccc(Cl)c1)C1CCN(Cc2ccccc2)CC1. The van der Waals surface area contributed by atoms with Crippen LogP contribution in [0.2, 0.25) is 5.02 Å². The molecule has 1 atom stereocenters. The van der Waals surface area contributed by atoms with Crippen molar-refractivity contribution in [3.63, 3.8) is 0 Å². The number of likely N-dealkylation sites (tertiary alicyclic amines) is 1. The maximum absolute atomic E-state index is 10.2. The molecule has 1 unspecified atom stereocenters. The summed E-state index contributed by atoms with van der Waals surface area (Å²) in [5.74, 6) is 0.237. The van der Waals surface area contributed by atoms with Crippen LogP contribution in [0, 0.1) is 28.6 Å². The zero-order chi connectivity index (χ0) is 19.1. The van der Waals surface area contributed by atoms with Gasteiger partial charge in [-0.2, -0.15) is 10.5 Å². The van der Waals surface area contributed by atoms with E-state index in [4.69, 9.17) is 16.9 Å². The van der Waals surface area contributed by atoms with Gasteiger partial charge in [0.1, 0.15) is 0 Å². The summed E-state index contributed by atoms with van der Waals surface area (Å²) < 4.78 is 0. The molecule has 1 aliphatic rings. The van der Waals surface area contributed by atoms with Crippen LogP contribution < -0.4 is 0 Å². The van der Waals surface area contributed by atoms with Gasteiger partial charge in [-0.25, -0.2) is 0 Å². The first kappa shape index (κ1) is 19.4. The molecule has 4 heteroatoms. The van der Waals surface area contributed by atoms with Gasteiger partial charge in [0.15, 0.2) is 0 Å². The van der Waals surface area contributed by atoms with E-state index in [0.717, 1.165) is 38.0 Å². The second-order valence-corrected chi connectivity index (χ2v) is 7.72. The van der Waals surface area contributed by atoms with Crippen LogP contribution in [0.5, 0.6) is 0 Å². The average Bonchev–Trinajstić information content (AvgIpc) is 2.71. The largest absolute Gasteiger partial charge is 0.299 e. The van der Waals surface area contributed by atoms with E-state index in [2.05, 4.69) is 41.3 Å². The fourth-order valence-corrected chi connectivity index (χ4v) is 4.43. The highest BCUT2D eigenvalue weighted by atomic mass is 35.5. The normalized spacial score (nSPS) is 17.6. The lowest BCUT2D eigenvalue weighted by atomic mass is 9.65. The molecular formula is C23H24ClN3. The van der Waals surface area contributed by atoms with Crippen molar-refractivity contribution in [3.8, 4) is 12.1 Å². The number of rotatable bonds is 6. The maximum Gasteiger partial charge on any atom is 0.0861 e. The first-order valence-electron chi connectivity index (χ1n) is 9.48. The Morgan fingerprint density at radius 1 is 1.04 bits per heavy atom. The van der Waals surface area contributed by atoms with E-state index in [-0.39, 0.29) is 5.92 Å². The van der Waals surface area contributed by atoms with Gasteiger partial charge in [-0.3, -0.25) is 4.90 Å². The van der Waals surface area contributed by atoms with Gasteiger partial charge >= 0.3 is 0 Å². The van der Waals surface area contributed by atoms with E-state index < -0.39 is 5.41 Å². The van der Waals surface area contributed by atoms with Crippen molar-refractivity contribution in [2.45, 2.75) is 37.6 Å². The van der Waals surface area contributed by atoms with Crippen molar-refractivity contribution in [2.75, 3.05) is 13.1 Å². The molecular weight excluding hydrogens is 354 g/mol. The third-order valence-corrected chi connectivity index (χ3v) is 5.94. The van der Waals surface area contributed by atoms with Gasteiger partial charge < -0.3 is 0 Å². The van der Waals surface area contributed by atoms with Crippen molar-refractivity contribution in [3.05, 3.63) is 70.7 Å².